The first-order chi connectivity index (χ1) is 22.3. The topological polar surface area (TPSA) is 29.3 Å². The zero-order chi connectivity index (χ0) is 29.7. The third kappa shape index (κ3) is 4.54. The van der Waals surface area contributed by atoms with Crippen molar-refractivity contribution in [3.63, 3.8) is 0 Å². The molecule has 0 fully saturated rings. The normalized spacial score (nSPS) is 12.6. The quantitative estimate of drug-likeness (QED) is 0.198. The third-order valence-corrected chi connectivity index (χ3v) is 10.1. The van der Waals surface area contributed by atoms with E-state index in [2.05, 4.69) is 137 Å². The summed E-state index contributed by atoms with van der Waals surface area (Å²) in [6.07, 6.45) is 10.5. The Kier molecular flexibility index (Phi) is 6.13. The Morgan fingerprint density at radius 3 is 2.09 bits per heavy atom. The second-order valence-electron chi connectivity index (χ2n) is 11.5. The minimum atomic E-state index is 0.862. The Bertz CT molecular complexity index is 2360. The number of pyridine rings is 1. The van der Waals surface area contributed by atoms with Crippen LogP contribution in [0.5, 0.6) is 0 Å². The summed E-state index contributed by atoms with van der Waals surface area (Å²) in [5, 5.41) is 3.46. The van der Waals surface area contributed by atoms with E-state index >= 15 is 0 Å². The van der Waals surface area contributed by atoms with Gasteiger partial charge in [-0.05, 0) is 101 Å². The molecule has 0 radical (unpaired) electrons. The lowest BCUT2D eigenvalue weighted by Gasteiger charge is -2.26. The molecule has 0 unspecified atom stereocenters. The van der Waals surface area contributed by atoms with Gasteiger partial charge in [-0.2, -0.15) is 0 Å². The van der Waals surface area contributed by atoms with Crippen LogP contribution < -0.4 is 4.90 Å². The molecule has 0 saturated carbocycles. The van der Waals surface area contributed by atoms with Crippen molar-refractivity contribution >= 4 is 66.5 Å². The van der Waals surface area contributed by atoms with Crippen LogP contribution in [0.25, 0.3) is 60.4 Å². The predicted molar refractivity (Wildman–Crippen MR) is 190 cm³/mol. The van der Waals surface area contributed by atoms with Gasteiger partial charge < -0.3 is 9.32 Å². The Hall–Kier alpha value is -5.45. The van der Waals surface area contributed by atoms with Gasteiger partial charge >= 0.3 is 0 Å². The van der Waals surface area contributed by atoms with Crippen LogP contribution in [-0.2, 0) is 6.42 Å². The summed E-state index contributed by atoms with van der Waals surface area (Å²) >= 11 is 1.93. The van der Waals surface area contributed by atoms with Crippen LogP contribution in [0, 0.1) is 0 Å². The van der Waals surface area contributed by atoms with Crippen molar-refractivity contribution in [2.24, 2.45) is 0 Å². The van der Waals surface area contributed by atoms with E-state index in [9.17, 15) is 0 Å². The van der Waals surface area contributed by atoms with Crippen LogP contribution in [0.4, 0.5) is 17.1 Å². The largest absolute Gasteiger partial charge is 0.456 e. The van der Waals surface area contributed by atoms with Gasteiger partial charge in [-0.3, -0.25) is 4.98 Å². The molecule has 0 bridgehead atoms. The van der Waals surface area contributed by atoms with E-state index in [1.54, 1.807) is 6.20 Å². The summed E-state index contributed by atoms with van der Waals surface area (Å²) in [5.74, 6) is 0. The van der Waals surface area contributed by atoms with Gasteiger partial charge in [0.05, 0.1) is 0 Å². The van der Waals surface area contributed by atoms with Gasteiger partial charge in [0.1, 0.15) is 11.2 Å². The number of hydrogen-bond acceptors (Lipinski definition) is 4. The molecule has 0 aliphatic heterocycles. The van der Waals surface area contributed by atoms with E-state index in [1.165, 1.54) is 31.7 Å². The number of aryl methyl sites for hydroxylation is 1. The predicted octanol–water partition coefficient (Wildman–Crippen LogP) is 12.0. The zero-order valence-corrected chi connectivity index (χ0v) is 25.3. The fourth-order valence-electron chi connectivity index (χ4n) is 6.56. The first kappa shape index (κ1) is 26.0. The first-order valence-electron chi connectivity index (χ1n) is 15.3. The van der Waals surface area contributed by atoms with E-state index in [4.69, 9.17) is 4.42 Å². The van der Waals surface area contributed by atoms with E-state index in [-0.39, 0.29) is 0 Å². The number of fused-ring (bicyclic) bond motifs is 6. The molecule has 4 heteroatoms. The standard InChI is InChI=1S/C41H28N2OS/c1-2-6-27(7-3-1)28-10-15-31(16-11-28)43(33-19-21-41-36(25-33)34-8-4-5-9-40(34)45-41)32-17-12-29(13-18-32)30-14-20-38-35(24-30)37-26-42-23-22-39(37)44-38/h1-4,6-8,10-26H,5,9H2. The number of hydrogen-bond donors (Lipinski definition) is 0. The highest BCUT2D eigenvalue weighted by Gasteiger charge is 2.18. The monoisotopic (exact) mass is 596 g/mol. The maximum absolute atomic E-state index is 6.04. The van der Waals surface area contributed by atoms with Gasteiger partial charge in [0.15, 0.2) is 0 Å². The molecule has 1 aliphatic carbocycles. The Morgan fingerprint density at radius 1 is 0.600 bits per heavy atom. The number of benzene rings is 5. The van der Waals surface area contributed by atoms with E-state index < -0.39 is 0 Å². The molecule has 45 heavy (non-hydrogen) atoms. The van der Waals surface area contributed by atoms with E-state index in [0.29, 0.717) is 0 Å². The molecule has 9 rings (SSSR count). The van der Waals surface area contributed by atoms with Crippen molar-refractivity contribution in [1.29, 1.82) is 0 Å². The Morgan fingerprint density at radius 2 is 1.29 bits per heavy atom. The van der Waals surface area contributed by atoms with Gasteiger partial charge in [-0.1, -0.05) is 72.8 Å². The van der Waals surface area contributed by atoms with E-state index in [1.807, 2.05) is 23.6 Å². The lowest BCUT2D eigenvalue weighted by Crippen LogP contribution is -2.09. The van der Waals surface area contributed by atoms with Gasteiger partial charge in [0, 0.05) is 55.2 Å². The maximum Gasteiger partial charge on any atom is 0.138 e. The Labute approximate surface area is 265 Å². The van der Waals surface area contributed by atoms with Crippen LogP contribution in [0.2, 0.25) is 0 Å². The molecule has 0 amide bonds. The van der Waals surface area contributed by atoms with Crippen molar-refractivity contribution in [3.05, 3.63) is 150 Å². The van der Waals surface area contributed by atoms with Crippen molar-refractivity contribution in [2.75, 3.05) is 4.90 Å². The molecule has 5 aromatic carbocycles. The lowest BCUT2D eigenvalue weighted by molar-refractivity contribution is 0.668. The summed E-state index contributed by atoms with van der Waals surface area (Å²) in [7, 11) is 0. The summed E-state index contributed by atoms with van der Waals surface area (Å²) in [6, 6.07) is 43.6. The molecule has 3 nitrogen and oxygen atoms in total. The average Bonchev–Trinajstić information content (AvgIpc) is 3.67. The summed E-state index contributed by atoms with van der Waals surface area (Å²) < 4.78 is 7.39. The fourth-order valence-corrected chi connectivity index (χ4v) is 7.75. The molecule has 0 atom stereocenters. The van der Waals surface area contributed by atoms with Crippen LogP contribution in [0.3, 0.4) is 0 Å². The van der Waals surface area contributed by atoms with Crippen LogP contribution >= 0.6 is 11.3 Å². The molecule has 8 aromatic rings. The van der Waals surface area contributed by atoms with Gasteiger partial charge in [0.2, 0.25) is 0 Å². The number of furan rings is 1. The molecule has 0 N–H and O–H groups in total. The summed E-state index contributed by atoms with van der Waals surface area (Å²) in [6.45, 7) is 0. The van der Waals surface area contributed by atoms with Crippen LogP contribution in [0.1, 0.15) is 16.9 Å². The summed E-state index contributed by atoms with van der Waals surface area (Å²) in [5.41, 5.74) is 11.3. The molecule has 0 spiro atoms. The molecule has 3 aromatic heterocycles. The second kappa shape index (κ2) is 10.6. The third-order valence-electron chi connectivity index (χ3n) is 8.83. The van der Waals surface area contributed by atoms with Crippen molar-refractivity contribution < 1.29 is 4.42 Å². The lowest BCUT2D eigenvalue weighted by atomic mass is 10.0. The molecule has 214 valence electrons. The van der Waals surface area contributed by atoms with Crippen molar-refractivity contribution in [2.45, 2.75) is 12.8 Å². The molecule has 1 aliphatic rings. The van der Waals surface area contributed by atoms with Crippen molar-refractivity contribution in [3.8, 4) is 22.3 Å². The van der Waals surface area contributed by atoms with Crippen LogP contribution in [0.15, 0.2) is 144 Å². The number of aromatic nitrogens is 1. The number of rotatable bonds is 5. The summed E-state index contributed by atoms with van der Waals surface area (Å²) in [4.78, 5) is 8.18. The molecular weight excluding hydrogens is 569 g/mol. The van der Waals surface area contributed by atoms with Gasteiger partial charge in [-0.25, -0.2) is 0 Å². The second-order valence-corrected chi connectivity index (χ2v) is 12.7. The SMILES string of the molecule is C1=Cc2c(sc3ccc(N(c4ccc(-c5ccccc5)cc4)c4ccc(-c5ccc6oc7ccncc7c6c5)cc4)cc23)CC1. The maximum atomic E-state index is 6.04. The fraction of sp³-hybridized carbons (Fsp3) is 0.0488. The van der Waals surface area contributed by atoms with E-state index in [0.717, 1.165) is 63.0 Å². The smallest absolute Gasteiger partial charge is 0.138 e. The van der Waals surface area contributed by atoms with Gasteiger partial charge in [0.25, 0.3) is 0 Å². The Balaban J connectivity index is 1.14. The minimum Gasteiger partial charge on any atom is -0.456 e. The highest BCUT2D eigenvalue weighted by molar-refractivity contribution is 7.19. The average molecular weight is 597 g/mol. The number of anilines is 3. The molecular formula is C41H28N2OS. The number of thiophene rings is 1. The first-order valence-corrected chi connectivity index (χ1v) is 16.1. The highest BCUT2D eigenvalue weighted by atomic mass is 32.1. The molecule has 3 heterocycles. The highest BCUT2D eigenvalue weighted by Crippen LogP contribution is 2.42. The van der Waals surface area contributed by atoms with Crippen molar-refractivity contribution in [1.82, 2.24) is 4.98 Å². The number of allylic oxidation sites excluding steroid dienone is 1. The minimum absolute atomic E-state index is 0.862. The number of nitrogens with zero attached hydrogens (tertiary/aromatic N) is 2. The van der Waals surface area contributed by atoms with Crippen LogP contribution in [-0.4, -0.2) is 4.98 Å². The van der Waals surface area contributed by atoms with Gasteiger partial charge in [-0.15, -0.1) is 11.3 Å². The zero-order valence-electron chi connectivity index (χ0n) is 24.5. The molecule has 0 saturated heterocycles.